The van der Waals surface area contributed by atoms with Crippen molar-refractivity contribution in [1.29, 1.82) is 0 Å². The van der Waals surface area contributed by atoms with Gasteiger partial charge >= 0.3 is 12.4 Å². The Bertz CT molecular complexity index is 1540. The molecule has 1 aliphatic rings. The molecule has 3 heterocycles. The van der Waals surface area contributed by atoms with Crippen molar-refractivity contribution in [2.24, 2.45) is 0 Å². The van der Waals surface area contributed by atoms with Gasteiger partial charge in [-0.1, -0.05) is 12.1 Å². The average molecular weight is 519 g/mol. The molecule has 188 valence electrons. The zero-order valence-electron chi connectivity index (χ0n) is 18.0. The lowest BCUT2D eigenvalue weighted by Gasteiger charge is -2.19. The van der Waals surface area contributed by atoms with Gasteiger partial charge in [0.1, 0.15) is 22.9 Å². The summed E-state index contributed by atoms with van der Waals surface area (Å²) in [6.45, 7) is 0. The Morgan fingerprint density at radius 2 is 1.81 bits per heavy atom. The zero-order valence-corrected chi connectivity index (χ0v) is 18.0. The number of alkyl halides is 6. The number of carbonyl (C=O) groups excluding carboxylic acids is 3. The van der Waals surface area contributed by atoms with Gasteiger partial charge in [0, 0.05) is 34.8 Å². The third kappa shape index (κ3) is 4.79. The first-order valence-corrected chi connectivity index (χ1v) is 10.0. The number of rotatable bonds is 4. The second-order valence-electron chi connectivity index (χ2n) is 7.37. The molecule has 2 N–H and O–H groups in total. The van der Waals surface area contributed by atoms with Crippen LogP contribution in [0.25, 0.3) is 23.0 Å². The summed E-state index contributed by atoms with van der Waals surface area (Å²) in [4.78, 5) is 38.6. The quantitative estimate of drug-likeness (QED) is 0.308. The second kappa shape index (κ2) is 9.26. The van der Waals surface area contributed by atoms with E-state index in [1.807, 2.05) is 5.32 Å². The highest BCUT2D eigenvalue weighted by atomic mass is 19.4. The Morgan fingerprint density at radius 3 is 2.46 bits per heavy atom. The van der Waals surface area contributed by atoms with Crippen molar-refractivity contribution < 1.29 is 40.7 Å². The smallest absolute Gasteiger partial charge is 0.352 e. The van der Waals surface area contributed by atoms with Crippen molar-refractivity contribution in [3.63, 3.8) is 0 Å². The molecule has 0 spiro atoms. The van der Waals surface area contributed by atoms with Crippen molar-refractivity contribution in [3.8, 4) is 5.69 Å². The first-order valence-electron chi connectivity index (χ1n) is 10.0. The van der Waals surface area contributed by atoms with Gasteiger partial charge < -0.3 is 10.6 Å². The molecule has 1 aromatic carbocycles. The molecule has 2 aromatic heterocycles. The van der Waals surface area contributed by atoms with E-state index in [4.69, 9.17) is 0 Å². The summed E-state index contributed by atoms with van der Waals surface area (Å²) in [5, 5.41) is 8.27. The Kier molecular flexibility index (Phi) is 6.30. The number of amides is 1. The number of hydrogen-bond acceptors (Lipinski definition) is 6. The highest BCUT2D eigenvalue weighted by molar-refractivity contribution is 6.32. The third-order valence-corrected chi connectivity index (χ3v) is 5.10. The summed E-state index contributed by atoms with van der Waals surface area (Å²) in [5.74, 6) is 1.31. The van der Waals surface area contributed by atoms with Gasteiger partial charge in [-0.05, 0) is 24.3 Å². The molecular formula is C23H11F6N5O3. The number of nitrogens with one attached hydrogen (secondary N) is 2. The highest BCUT2D eigenvalue weighted by Crippen LogP contribution is 2.38. The van der Waals surface area contributed by atoms with Crippen LogP contribution < -0.4 is 10.6 Å². The molecule has 37 heavy (non-hydrogen) atoms. The van der Waals surface area contributed by atoms with Gasteiger partial charge in [-0.25, -0.2) is 14.3 Å². The van der Waals surface area contributed by atoms with Gasteiger partial charge in [0.25, 0.3) is 5.91 Å². The molecule has 1 amide bonds. The molecule has 0 atom stereocenters. The maximum absolute atomic E-state index is 14.2. The maximum atomic E-state index is 14.2. The van der Waals surface area contributed by atoms with Crippen LogP contribution in [-0.2, 0) is 26.7 Å². The summed E-state index contributed by atoms with van der Waals surface area (Å²) in [7, 11) is 0. The fraction of sp³-hybridized carbons (Fsp3) is 0.0870. The number of benzene rings is 1. The summed E-state index contributed by atoms with van der Waals surface area (Å²) in [6.07, 6.45) is -5.99. The van der Waals surface area contributed by atoms with E-state index in [0.717, 1.165) is 18.2 Å². The van der Waals surface area contributed by atoms with Crippen LogP contribution >= 0.6 is 0 Å². The molecule has 3 aromatic rings. The molecule has 0 bridgehead atoms. The van der Waals surface area contributed by atoms with Gasteiger partial charge in [-0.15, -0.1) is 0 Å². The number of halogens is 6. The molecular weight excluding hydrogens is 508 g/mol. The Morgan fingerprint density at radius 1 is 1.05 bits per heavy atom. The molecule has 0 fully saturated rings. The van der Waals surface area contributed by atoms with Crippen LogP contribution in [0, 0.1) is 0 Å². The molecule has 14 heteroatoms. The SMILES string of the molecule is O=C=C1NC=Cc2c1cccc2-n1ncc(C(=C=O)C(=O)Nc2ccnc(C(F)(F)F)c2)c1C(F)(F)F. The van der Waals surface area contributed by atoms with Crippen molar-refractivity contribution in [2.75, 3.05) is 5.32 Å². The van der Waals surface area contributed by atoms with Gasteiger partial charge in [0.2, 0.25) is 0 Å². The van der Waals surface area contributed by atoms with E-state index in [0.29, 0.717) is 16.9 Å². The topological polar surface area (TPSA) is 106 Å². The Balaban J connectivity index is 1.80. The van der Waals surface area contributed by atoms with Crippen LogP contribution in [0.3, 0.4) is 0 Å². The summed E-state index contributed by atoms with van der Waals surface area (Å²) < 4.78 is 81.8. The number of nitrogens with zero attached hydrogens (tertiary/aromatic N) is 3. The zero-order chi connectivity index (χ0) is 27.0. The number of pyridine rings is 1. The van der Waals surface area contributed by atoms with E-state index < -0.39 is 46.5 Å². The molecule has 1 aliphatic heterocycles. The average Bonchev–Trinajstić information content (AvgIpc) is 3.28. The monoisotopic (exact) mass is 519 g/mol. The number of carbonyl (C=O) groups is 1. The minimum atomic E-state index is -5.16. The van der Waals surface area contributed by atoms with E-state index in [-0.39, 0.29) is 22.5 Å². The van der Waals surface area contributed by atoms with Crippen molar-refractivity contribution >= 4 is 40.8 Å². The predicted octanol–water partition coefficient (Wildman–Crippen LogP) is 3.91. The van der Waals surface area contributed by atoms with E-state index >= 15 is 0 Å². The first-order chi connectivity index (χ1) is 17.5. The molecule has 0 radical (unpaired) electrons. The van der Waals surface area contributed by atoms with E-state index in [1.54, 1.807) is 5.94 Å². The lowest BCUT2D eigenvalue weighted by Crippen LogP contribution is -2.20. The molecule has 4 rings (SSSR count). The molecule has 0 aliphatic carbocycles. The molecule has 0 saturated heterocycles. The minimum absolute atomic E-state index is 0.0382. The molecule has 8 nitrogen and oxygen atoms in total. The Hall–Kier alpha value is -4.93. The fourth-order valence-corrected chi connectivity index (χ4v) is 3.57. The van der Waals surface area contributed by atoms with Crippen LogP contribution in [0.5, 0.6) is 0 Å². The second-order valence-corrected chi connectivity index (χ2v) is 7.37. The largest absolute Gasteiger partial charge is 0.434 e. The predicted molar refractivity (Wildman–Crippen MR) is 117 cm³/mol. The summed E-state index contributed by atoms with van der Waals surface area (Å²) >= 11 is 0. The van der Waals surface area contributed by atoms with Gasteiger partial charge in [0.15, 0.2) is 11.6 Å². The lowest BCUT2D eigenvalue weighted by molar-refractivity contribution is -0.143. The van der Waals surface area contributed by atoms with Crippen LogP contribution in [0.4, 0.5) is 32.0 Å². The number of hydrogen-bond donors (Lipinski definition) is 2. The fourth-order valence-electron chi connectivity index (χ4n) is 3.57. The molecule has 0 saturated carbocycles. The normalized spacial score (nSPS) is 12.8. The van der Waals surface area contributed by atoms with Gasteiger partial charge in [0.05, 0.1) is 11.9 Å². The number of fused-ring (bicyclic) bond motifs is 1. The van der Waals surface area contributed by atoms with E-state index in [2.05, 4.69) is 15.4 Å². The first kappa shape index (κ1) is 25.2. The van der Waals surface area contributed by atoms with Crippen molar-refractivity contribution in [1.82, 2.24) is 20.1 Å². The van der Waals surface area contributed by atoms with Crippen LogP contribution in [0.2, 0.25) is 0 Å². The van der Waals surface area contributed by atoms with Gasteiger partial charge in [-0.2, -0.15) is 31.4 Å². The summed E-state index contributed by atoms with van der Waals surface area (Å²) in [6, 6.07) is 5.49. The summed E-state index contributed by atoms with van der Waals surface area (Å²) in [5.41, 5.74) is -5.27. The van der Waals surface area contributed by atoms with Crippen molar-refractivity contribution in [2.45, 2.75) is 12.4 Å². The van der Waals surface area contributed by atoms with Crippen LogP contribution in [0.1, 0.15) is 28.1 Å². The van der Waals surface area contributed by atoms with Crippen LogP contribution in [-0.4, -0.2) is 32.6 Å². The number of anilines is 1. The Labute approximate surface area is 202 Å². The van der Waals surface area contributed by atoms with E-state index in [9.17, 15) is 40.7 Å². The minimum Gasteiger partial charge on any atom is -0.352 e. The van der Waals surface area contributed by atoms with Crippen molar-refractivity contribution in [3.05, 3.63) is 77.0 Å². The number of aromatic nitrogens is 3. The standard InChI is InChI=1S/C23H11F6N5O3/c24-22(25,26)19-8-12(4-6-31-19)33-21(37)16(10-35)15-9-32-34(20(15)23(27,28)29)18-3-1-2-13-14(18)5-7-30-17(13)11-36/h1-9,30H,(H,31,33,37). The third-order valence-electron chi connectivity index (χ3n) is 5.10. The van der Waals surface area contributed by atoms with Crippen LogP contribution in [0.15, 0.2) is 48.9 Å². The van der Waals surface area contributed by atoms with E-state index in [1.165, 1.54) is 30.5 Å². The maximum Gasteiger partial charge on any atom is 0.434 e. The highest BCUT2D eigenvalue weighted by Gasteiger charge is 2.41. The molecule has 0 unspecified atom stereocenters. The van der Waals surface area contributed by atoms with Gasteiger partial charge in [-0.3, -0.25) is 9.78 Å². The lowest BCUT2D eigenvalue weighted by atomic mass is 10.00.